The summed E-state index contributed by atoms with van der Waals surface area (Å²) >= 11 is 0. The number of aromatic hydroxyl groups is 1. The van der Waals surface area contributed by atoms with Gasteiger partial charge in [-0.3, -0.25) is 0 Å². The largest absolute Gasteiger partial charge is 0.508 e. The van der Waals surface area contributed by atoms with E-state index in [1.54, 1.807) is 13.0 Å². The lowest BCUT2D eigenvalue weighted by Crippen LogP contribution is -2.21. The quantitative estimate of drug-likeness (QED) is 0.724. The first kappa shape index (κ1) is 19.5. The molecule has 1 aliphatic rings. The van der Waals surface area contributed by atoms with Crippen LogP contribution in [0.15, 0.2) is 30.3 Å². The smallest absolute Gasteiger partial charge is 0.200 e. The van der Waals surface area contributed by atoms with Crippen molar-refractivity contribution in [1.82, 2.24) is 0 Å². The highest BCUT2D eigenvalue weighted by atomic mass is 19.2. The van der Waals surface area contributed by atoms with Gasteiger partial charge in [0.15, 0.2) is 11.6 Å². The van der Waals surface area contributed by atoms with E-state index in [4.69, 9.17) is 9.47 Å². The Bertz CT molecular complexity index is 786. The van der Waals surface area contributed by atoms with Crippen LogP contribution in [0.4, 0.5) is 13.2 Å². The Labute approximate surface area is 156 Å². The van der Waals surface area contributed by atoms with E-state index >= 15 is 0 Å². The van der Waals surface area contributed by atoms with E-state index in [1.165, 1.54) is 18.2 Å². The van der Waals surface area contributed by atoms with E-state index in [0.29, 0.717) is 36.8 Å². The Kier molecular flexibility index (Phi) is 6.26. The zero-order valence-corrected chi connectivity index (χ0v) is 15.2. The van der Waals surface area contributed by atoms with Gasteiger partial charge >= 0.3 is 0 Å². The average molecular weight is 380 g/mol. The van der Waals surface area contributed by atoms with Gasteiger partial charge in [-0.15, -0.1) is 0 Å². The van der Waals surface area contributed by atoms with Crippen molar-refractivity contribution >= 4 is 0 Å². The highest BCUT2D eigenvalue weighted by Gasteiger charge is 2.27. The molecule has 2 aromatic rings. The normalized spacial score (nSPS) is 19.9. The number of hydrogen-bond donors (Lipinski definition) is 1. The molecule has 3 rings (SSSR count). The van der Waals surface area contributed by atoms with Crippen molar-refractivity contribution in [1.29, 1.82) is 0 Å². The minimum absolute atomic E-state index is 0.0509. The first-order chi connectivity index (χ1) is 13.0. The highest BCUT2D eigenvalue weighted by Crippen LogP contribution is 2.37. The van der Waals surface area contributed by atoms with Gasteiger partial charge in [-0.25, -0.2) is 8.78 Å². The molecule has 3 nitrogen and oxygen atoms in total. The van der Waals surface area contributed by atoms with Gasteiger partial charge in [-0.2, -0.15) is 4.39 Å². The summed E-state index contributed by atoms with van der Waals surface area (Å²) < 4.78 is 53.0. The molecule has 6 heteroatoms. The summed E-state index contributed by atoms with van der Waals surface area (Å²) in [4.78, 5) is 0. The van der Waals surface area contributed by atoms with Gasteiger partial charge < -0.3 is 14.6 Å². The molecule has 27 heavy (non-hydrogen) atoms. The van der Waals surface area contributed by atoms with Gasteiger partial charge in [0.05, 0.1) is 19.3 Å². The molecule has 0 aliphatic heterocycles. The van der Waals surface area contributed by atoms with Crippen LogP contribution in [-0.2, 0) is 11.3 Å². The van der Waals surface area contributed by atoms with Crippen LogP contribution in [0.1, 0.15) is 49.7 Å². The van der Waals surface area contributed by atoms with Crippen LogP contribution in [0.5, 0.6) is 11.5 Å². The summed E-state index contributed by atoms with van der Waals surface area (Å²) in [5.41, 5.74) is 0.758. The van der Waals surface area contributed by atoms with Gasteiger partial charge in [-0.1, -0.05) is 12.1 Å². The SMILES string of the molecule is CCOc1ccc(C2CCC(OCc3ccc(O)cc3F)CC2)c(F)c1F. The first-order valence-corrected chi connectivity index (χ1v) is 9.19. The maximum Gasteiger partial charge on any atom is 0.200 e. The molecule has 146 valence electrons. The minimum Gasteiger partial charge on any atom is -0.508 e. The Morgan fingerprint density at radius 2 is 1.74 bits per heavy atom. The molecular formula is C21H23F3O3. The predicted octanol–water partition coefficient (Wildman–Crippen LogP) is 5.45. The highest BCUT2D eigenvalue weighted by molar-refractivity contribution is 5.33. The Morgan fingerprint density at radius 3 is 2.41 bits per heavy atom. The number of phenols is 1. The average Bonchev–Trinajstić information content (AvgIpc) is 2.66. The van der Waals surface area contributed by atoms with Crippen LogP contribution in [0.25, 0.3) is 0 Å². The molecular weight excluding hydrogens is 357 g/mol. The van der Waals surface area contributed by atoms with Crippen molar-refractivity contribution in [3.63, 3.8) is 0 Å². The van der Waals surface area contributed by atoms with Gasteiger partial charge in [-0.05, 0) is 56.2 Å². The predicted molar refractivity (Wildman–Crippen MR) is 95.4 cm³/mol. The summed E-state index contributed by atoms with van der Waals surface area (Å²) in [6.07, 6.45) is 2.68. The Balaban J connectivity index is 1.56. The third kappa shape index (κ3) is 4.56. The molecule has 1 fully saturated rings. The molecule has 0 amide bonds. The fraction of sp³-hybridized carbons (Fsp3) is 0.429. The number of ether oxygens (including phenoxy) is 2. The van der Waals surface area contributed by atoms with Crippen LogP contribution in [0, 0.1) is 17.5 Å². The van der Waals surface area contributed by atoms with E-state index in [2.05, 4.69) is 0 Å². The van der Waals surface area contributed by atoms with E-state index in [-0.39, 0.29) is 36.7 Å². The van der Waals surface area contributed by atoms with Crippen molar-refractivity contribution in [2.24, 2.45) is 0 Å². The third-order valence-corrected chi connectivity index (χ3v) is 5.00. The lowest BCUT2D eigenvalue weighted by molar-refractivity contribution is 0.0118. The Hall–Kier alpha value is -2.21. The molecule has 0 unspecified atom stereocenters. The molecule has 1 aliphatic carbocycles. The zero-order valence-electron chi connectivity index (χ0n) is 15.2. The number of phenolic OH excluding ortho intramolecular Hbond substituents is 1. The summed E-state index contributed by atoms with van der Waals surface area (Å²) in [5.74, 6) is -2.53. The molecule has 0 radical (unpaired) electrons. The molecule has 0 spiro atoms. The van der Waals surface area contributed by atoms with Gasteiger partial charge in [0, 0.05) is 11.6 Å². The molecule has 0 atom stereocenters. The molecule has 0 bridgehead atoms. The van der Waals surface area contributed by atoms with E-state index in [9.17, 15) is 18.3 Å². The summed E-state index contributed by atoms with van der Waals surface area (Å²) in [6.45, 7) is 2.11. The summed E-state index contributed by atoms with van der Waals surface area (Å²) in [7, 11) is 0. The molecule has 0 heterocycles. The number of hydrogen-bond acceptors (Lipinski definition) is 3. The lowest BCUT2D eigenvalue weighted by Gasteiger charge is -2.29. The molecule has 0 saturated heterocycles. The summed E-state index contributed by atoms with van der Waals surface area (Å²) in [6, 6.07) is 7.05. The number of halogens is 3. The molecule has 2 aromatic carbocycles. The number of benzene rings is 2. The van der Waals surface area contributed by atoms with Gasteiger partial charge in [0.1, 0.15) is 11.6 Å². The van der Waals surface area contributed by atoms with Crippen molar-refractivity contribution < 1.29 is 27.8 Å². The van der Waals surface area contributed by atoms with Crippen molar-refractivity contribution in [2.45, 2.75) is 51.2 Å². The first-order valence-electron chi connectivity index (χ1n) is 9.19. The van der Waals surface area contributed by atoms with Crippen LogP contribution in [0.2, 0.25) is 0 Å². The van der Waals surface area contributed by atoms with Gasteiger partial charge in [0.2, 0.25) is 5.82 Å². The van der Waals surface area contributed by atoms with Crippen LogP contribution in [0.3, 0.4) is 0 Å². The van der Waals surface area contributed by atoms with Crippen LogP contribution < -0.4 is 4.74 Å². The maximum absolute atomic E-state index is 14.4. The fourth-order valence-corrected chi connectivity index (χ4v) is 3.53. The van der Waals surface area contributed by atoms with E-state index in [0.717, 1.165) is 6.07 Å². The van der Waals surface area contributed by atoms with Crippen molar-refractivity contribution in [3.05, 3.63) is 58.9 Å². The van der Waals surface area contributed by atoms with Crippen LogP contribution >= 0.6 is 0 Å². The second-order valence-corrected chi connectivity index (χ2v) is 6.77. The standard InChI is InChI=1S/C21H23F3O3/c1-2-26-19-10-9-17(20(23)21(19)24)13-4-7-16(8-5-13)27-12-14-3-6-15(25)11-18(14)22/h3,6,9-11,13,16,25H,2,4-5,7-8,12H2,1H3. The monoisotopic (exact) mass is 380 g/mol. The van der Waals surface area contributed by atoms with E-state index in [1.807, 2.05) is 0 Å². The second-order valence-electron chi connectivity index (χ2n) is 6.77. The molecule has 1 N–H and O–H groups in total. The maximum atomic E-state index is 14.4. The Morgan fingerprint density at radius 1 is 1.00 bits per heavy atom. The number of rotatable bonds is 6. The third-order valence-electron chi connectivity index (χ3n) is 5.00. The van der Waals surface area contributed by atoms with Crippen molar-refractivity contribution in [2.75, 3.05) is 6.61 Å². The molecule has 0 aromatic heterocycles. The zero-order chi connectivity index (χ0) is 19.4. The summed E-state index contributed by atoms with van der Waals surface area (Å²) in [5, 5.41) is 9.23. The topological polar surface area (TPSA) is 38.7 Å². The van der Waals surface area contributed by atoms with Crippen LogP contribution in [-0.4, -0.2) is 17.8 Å². The fourth-order valence-electron chi connectivity index (χ4n) is 3.53. The van der Waals surface area contributed by atoms with E-state index < -0.39 is 17.5 Å². The minimum atomic E-state index is -0.935. The lowest BCUT2D eigenvalue weighted by atomic mass is 9.82. The van der Waals surface area contributed by atoms with Gasteiger partial charge in [0.25, 0.3) is 0 Å². The molecule has 1 saturated carbocycles. The van der Waals surface area contributed by atoms with Crippen molar-refractivity contribution in [3.8, 4) is 11.5 Å². The second kappa shape index (κ2) is 8.65.